The van der Waals surface area contributed by atoms with Crippen molar-refractivity contribution in [2.24, 2.45) is 5.92 Å². The summed E-state index contributed by atoms with van der Waals surface area (Å²) in [6, 6.07) is 0. The van der Waals surface area contributed by atoms with Crippen molar-refractivity contribution in [3.8, 4) is 0 Å². The highest BCUT2D eigenvalue weighted by molar-refractivity contribution is 5.81. The number of nitrogens with zero attached hydrogens (tertiary/aromatic N) is 1. The first-order valence-corrected chi connectivity index (χ1v) is 5.83. The Morgan fingerprint density at radius 3 is 2.72 bits per heavy atom. The van der Waals surface area contributed by atoms with E-state index in [0.717, 1.165) is 12.8 Å². The summed E-state index contributed by atoms with van der Waals surface area (Å²) in [5.41, 5.74) is 0. The average molecular weight is 258 g/mol. The summed E-state index contributed by atoms with van der Waals surface area (Å²) in [4.78, 5) is 35.0. The zero-order chi connectivity index (χ0) is 13.5. The molecule has 0 bridgehead atoms. The van der Waals surface area contributed by atoms with Gasteiger partial charge in [0.15, 0.2) is 0 Å². The largest absolute Gasteiger partial charge is 0.480 e. The van der Waals surface area contributed by atoms with Crippen molar-refractivity contribution in [3.05, 3.63) is 0 Å². The second kappa shape index (κ2) is 6.95. The number of carboxylic acids is 1. The summed E-state index contributed by atoms with van der Waals surface area (Å²) in [7, 11) is 1.57. The van der Waals surface area contributed by atoms with Crippen LogP contribution in [0.25, 0.3) is 0 Å². The predicted molar refractivity (Wildman–Crippen MR) is 61.8 cm³/mol. The molecule has 2 N–H and O–H groups in total. The van der Waals surface area contributed by atoms with E-state index in [0.29, 0.717) is 13.1 Å². The van der Waals surface area contributed by atoms with Crippen LogP contribution < -0.4 is 5.32 Å². The van der Waals surface area contributed by atoms with Gasteiger partial charge in [-0.25, -0.2) is 4.79 Å². The number of nitrogens with one attached hydrogen (secondary N) is 1. The Bertz CT molecular complexity index is 331. The first-order valence-electron chi connectivity index (χ1n) is 5.83. The van der Waals surface area contributed by atoms with E-state index in [4.69, 9.17) is 9.84 Å². The Morgan fingerprint density at radius 2 is 2.11 bits per heavy atom. The van der Waals surface area contributed by atoms with E-state index in [1.807, 2.05) is 0 Å². The molecule has 2 amide bonds. The summed E-state index contributed by atoms with van der Waals surface area (Å²) in [6.07, 6.45) is 1.53. The number of amides is 2. The Kier molecular flexibility index (Phi) is 5.57. The lowest BCUT2D eigenvalue weighted by Crippen LogP contribution is -2.46. The molecule has 0 spiro atoms. The molecule has 7 nitrogen and oxygen atoms in total. The quantitative estimate of drug-likeness (QED) is 0.664. The monoisotopic (exact) mass is 258 g/mol. The Balaban J connectivity index is 2.38. The van der Waals surface area contributed by atoms with Crippen molar-refractivity contribution in [2.45, 2.75) is 12.8 Å². The number of carbonyl (C=O) groups excluding carboxylic acids is 2. The van der Waals surface area contributed by atoms with E-state index >= 15 is 0 Å². The zero-order valence-corrected chi connectivity index (χ0v) is 10.3. The van der Waals surface area contributed by atoms with Gasteiger partial charge in [-0.3, -0.25) is 9.59 Å². The average Bonchev–Trinajstić information content (AvgIpc) is 2.37. The van der Waals surface area contributed by atoms with Crippen LogP contribution in [-0.2, 0) is 19.1 Å². The molecular formula is C11H18N2O5. The molecule has 7 heteroatoms. The fourth-order valence-corrected chi connectivity index (χ4v) is 1.94. The minimum Gasteiger partial charge on any atom is -0.480 e. The number of carboxylic acid groups (broad SMARTS) is 1. The van der Waals surface area contributed by atoms with E-state index < -0.39 is 12.6 Å². The lowest BCUT2D eigenvalue weighted by atomic mass is 9.97. The van der Waals surface area contributed by atoms with Gasteiger partial charge in [0, 0.05) is 20.1 Å². The highest BCUT2D eigenvalue weighted by Crippen LogP contribution is 2.16. The van der Waals surface area contributed by atoms with Crippen molar-refractivity contribution in [1.82, 2.24) is 10.2 Å². The molecule has 102 valence electrons. The molecule has 0 aromatic rings. The van der Waals surface area contributed by atoms with Gasteiger partial charge in [-0.1, -0.05) is 0 Å². The number of hydrogen-bond acceptors (Lipinski definition) is 4. The van der Waals surface area contributed by atoms with Crippen molar-refractivity contribution in [1.29, 1.82) is 0 Å². The van der Waals surface area contributed by atoms with Crippen LogP contribution >= 0.6 is 0 Å². The van der Waals surface area contributed by atoms with Gasteiger partial charge in [0.25, 0.3) is 0 Å². The van der Waals surface area contributed by atoms with E-state index in [9.17, 15) is 14.4 Å². The molecule has 1 aliphatic heterocycles. The fraction of sp³-hybridized carbons (Fsp3) is 0.727. The van der Waals surface area contributed by atoms with Crippen molar-refractivity contribution in [2.75, 3.05) is 33.4 Å². The number of hydrogen-bond donors (Lipinski definition) is 2. The molecule has 1 saturated heterocycles. The third kappa shape index (κ3) is 4.33. The molecule has 0 radical (unpaired) electrons. The van der Waals surface area contributed by atoms with Gasteiger partial charge in [0.05, 0.1) is 5.92 Å². The molecule has 1 fully saturated rings. The minimum atomic E-state index is -1.11. The topological polar surface area (TPSA) is 95.9 Å². The second-order valence-electron chi connectivity index (χ2n) is 4.18. The number of piperidine rings is 1. The molecular weight excluding hydrogens is 240 g/mol. The highest BCUT2D eigenvalue weighted by Gasteiger charge is 2.27. The van der Waals surface area contributed by atoms with Crippen LogP contribution in [-0.4, -0.2) is 61.1 Å². The van der Waals surface area contributed by atoms with Crippen LogP contribution in [0.2, 0.25) is 0 Å². The van der Waals surface area contributed by atoms with E-state index in [-0.39, 0.29) is 24.3 Å². The van der Waals surface area contributed by atoms with Crippen LogP contribution in [0.1, 0.15) is 12.8 Å². The Hall–Kier alpha value is -1.63. The van der Waals surface area contributed by atoms with Gasteiger partial charge in [-0.15, -0.1) is 0 Å². The van der Waals surface area contributed by atoms with Crippen LogP contribution in [0.15, 0.2) is 0 Å². The van der Waals surface area contributed by atoms with Crippen LogP contribution in [0, 0.1) is 5.92 Å². The minimum absolute atomic E-state index is 0.0704. The maximum Gasteiger partial charge on any atom is 0.329 e. The summed E-state index contributed by atoms with van der Waals surface area (Å²) < 4.78 is 4.74. The van der Waals surface area contributed by atoms with Crippen molar-refractivity contribution in [3.63, 3.8) is 0 Å². The van der Waals surface area contributed by atoms with Crippen LogP contribution in [0.4, 0.5) is 0 Å². The van der Waals surface area contributed by atoms with Gasteiger partial charge in [0.2, 0.25) is 11.8 Å². The lowest BCUT2D eigenvalue weighted by molar-refractivity contribution is -0.146. The summed E-state index contributed by atoms with van der Waals surface area (Å²) >= 11 is 0. The number of aliphatic carboxylic acids is 1. The highest BCUT2D eigenvalue weighted by atomic mass is 16.5. The van der Waals surface area contributed by atoms with E-state index in [1.165, 1.54) is 0 Å². The molecule has 1 unspecified atom stereocenters. The van der Waals surface area contributed by atoms with Crippen LogP contribution in [0.5, 0.6) is 0 Å². The summed E-state index contributed by atoms with van der Waals surface area (Å²) in [5, 5.41) is 10.9. The van der Waals surface area contributed by atoms with Gasteiger partial charge < -0.3 is 20.1 Å². The molecule has 1 atom stereocenters. The SMILES string of the molecule is CNC(=O)C1CCCN(C(=O)COCC(=O)O)C1. The summed E-state index contributed by atoms with van der Waals surface area (Å²) in [5.74, 6) is -1.64. The number of likely N-dealkylation sites (tertiary alicyclic amines) is 1. The maximum atomic E-state index is 11.7. The maximum absolute atomic E-state index is 11.7. The third-order valence-electron chi connectivity index (χ3n) is 2.84. The fourth-order valence-electron chi connectivity index (χ4n) is 1.94. The predicted octanol–water partition coefficient (Wildman–Crippen LogP) is -0.928. The van der Waals surface area contributed by atoms with Crippen LogP contribution in [0.3, 0.4) is 0 Å². The molecule has 18 heavy (non-hydrogen) atoms. The molecule has 1 heterocycles. The van der Waals surface area contributed by atoms with E-state index in [1.54, 1.807) is 11.9 Å². The molecule has 1 rings (SSSR count). The standard InChI is InChI=1S/C11H18N2O5/c1-12-11(17)8-3-2-4-13(5-8)9(14)6-18-7-10(15)16/h8H,2-7H2,1H3,(H,12,17)(H,15,16). The van der Waals surface area contributed by atoms with Gasteiger partial charge in [0.1, 0.15) is 13.2 Å². The van der Waals surface area contributed by atoms with Crippen molar-refractivity contribution < 1.29 is 24.2 Å². The third-order valence-corrected chi connectivity index (χ3v) is 2.84. The number of ether oxygens (including phenoxy) is 1. The number of rotatable bonds is 5. The van der Waals surface area contributed by atoms with Gasteiger partial charge >= 0.3 is 5.97 Å². The smallest absolute Gasteiger partial charge is 0.329 e. The molecule has 0 aromatic carbocycles. The lowest BCUT2D eigenvalue weighted by Gasteiger charge is -2.31. The number of carbonyl (C=O) groups is 3. The Labute approximate surface area is 105 Å². The van der Waals surface area contributed by atoms with Gasteiger partial charge in [-0.05, 0) is 12.8 Å². The second-order valence-corrected chi connectivity index (χ2v) is 4.18. The molecule has 0 aromatic heterocycles. The van der Waals surface area contributed by atoms with Gasteiger partial charge in [-0.2, -0.15) is 0 Å². The molecule has 0 saturated carbocycles. The normalized spacial score (nSPS) is 19.4. The van der Waals surface area contributed by atoms with Crippen molar-refractivity contribution >= 4 is 17.8 Å². The molecule has 0 aliphatic carbocycles. The first-order chi connectivity index (χ1) is 8.54. The van der Waals surface area contributed by atoms with E-state index in [2.05, 4.69) is 5.32 Å². The molecule has 1 aliphatic rings. The first kappa shape index (κ1) is 14.4. The Morgan fingerprint density at radius 1 is 1.39 bits per heavy atom. The summed E-state index contributed by atoms with van der Waals surface area (Å²) in [6.45, 7) is 0.211. The zero-order valence-electron chi connectivity index (χ0n) is 10.3.